The number of nitrogens with zero attached hydrogens (tertiary/aromatic N) is 1. The van der Waals surface area contributed by atoms with E-state index in [1.54, 1.807) is 18.2 Å². The summed E-state index contributed by atoms with van der Waals surface area (Å²) in [5, 5.41) is 13.0. The van der Waals surface area contributed by atoms with Crippen LogP contribution >= 0.6 is 0 Å². The van der Waals surface area contributed by atoms with E-state index < -0.39 is 34.5 Å². The van der Waals surface area contributed by atoms with Crippen molar-refractivity contribution < 1.29 is 23.1 Å². The summed E-state index contributed by atoms with van der Waals surface area (Å²) in [7, 11) is -3.85. The number of amides is 1. The van der Waals surface area contributed by atoms with E-state index >= 15 is 0 Å². The first-order valence-corrected chi connectivity index (χ1v) is 9.72. The molecule has 0 radical (unpaired) electrons. The Morgan fingerprint density at radius 3 is 2.42 bits per heavy atom. The van der Waals surface area contributed by atoms with Gasteiger partial charge in [-0.3, -0.25) is 9.10 Å². The summed E-state index contributed by atoms with van der Waals surface area (Å²) >= 11 is 0. The molecule has 2 N–H and O–H groups in total. The Labute approximate surface area is 151 Å². The minimum atomic E-state index is -3.85. The zero-order valence-electron chi connectivity index (χ0n) is 14.5. The first-order chi connectivity index (χ1) is 12.2. The van der Waals surface area contributed by atoms with E-state index in [1.807, 2.05) is 26.0 Å². The number of carboxylic acid groups (broad SMARTS) is 1. The van der Waals surface area contributed by atoms with Gasteiger partial charge in [-0.2, -0.15) is 0 Å². The number of carbonyl (C=O) groups excluding carboxylic acids is 1. The van der Waals surface area contributed by atoms with Crippen LogP contribution in [0.5, 0.6) is 0 Å². The third-order valence-electron chi connectivity index (χ3n) is 4.31. The van der Waals surface area contributed by atoms with Crippen LogP contribution in [0.3, 0.4) is 0 Å². The molecule has 1 aliphatic rings. The summed E-state index contributed by atoms with van der Waals surface area (Å²) in [5.41, 5.74) is 0.434. The molecule has 1 heterocycles. The molecule has 1 aliphatic heterocycles. The molecule has 1 amide bonds. The highest BCUT2D eigenvalue weighted by Crippen LogP contribution is 2.41. The molecule has 26 heavy (non-hydrogen) atoms. The number of hydrogen-bond acceptors (Lipinski definition) is 4. The summed E-state index contributed by atoms with van der Waals surface area (Å²) in [6.45, 7) is 3.24. The first kappa shape index (κ1) is 18.2. The average molecular weight is 376 g/mol. The SMILES string of the molecule is CC(C)C[C@H](NC(=O)CN1c2cccc3cccc(c23)S1(=O)=O)C(=O)O. The van der Waals surface area contributed by atoms with Crippen LogP contribution in [0.15, 0.2) is 41.3 Å². The van der Waals surface area contributed by atoms with E-state index in [0.717, 1.165) is 9.69 Å². The average Bonchev–Trinajstić information content (AvgIpc) is 2.77. The van der Waals surface area contributed by atoms with Gasteiger partial charge in [0.05, 0.1) is 10.6 Å². The predicted octanol–water partition coefficient (Wildman–Crippen LogP) is 1.96. The fraction of sp³-hybridized carbons (Fsp3) is 0.333. The molecule has 0 fully saturated rings. The lowest BCUT2D eigenvalue weighted by Crippen LogP contribution is -2.46. The molecular weight excluding hydrogens is 356 g/mol. The van der Waals surface area contributed by atoms with Crippen molar-refractivity contribution in [2.24, 2.45) is 5.92 Å². The van der Waals surface area contributed by atoms with Crippen molar-refractivity contribution in [2.45, 2.75) is 31.2 Å². The van der Waals surface area contributed by atoms with Crippen LogP contribution in [0.1, 0.15) is 20.3 Å². The van der Waals surface area contributed by atoms with Crippen molar-refractivity contribution in [3.63, 3.8) is 0 Å². The van der Waals surface area contributed by atoms with E-state index in [9.17, 15) is 23.1 Å². The van der Waals surface area contributed by atoms with Gasteiger partial charge in [0.1, 0.15) is 12.6 Å². The molecule has 138 valence electrons. The van der Waals surface area contributed by atoms with Crippen molar-refractivity contribution in [3.8, 4) is 0 Å². The second kappa shape index (κ2) is 6.60. The van der Waals surface area contributed by atoms with Crippen LogP contribution in [0.25, 0.3) is 10.8 Å². The molecule has 0 spiro atoms. The van der Waals surface area contributed by atoms with E-state index in [4.69, 9.17) is 0 Å². The fourth-order valence-corrected chi connectivity index (χ4v) is 4.86. The maximum absolute atomic E-state index is 12.8. The molecule has 2 aromatic rings. The highest BCUT2D eigenvalue weighted by molar-refractivity contribution is 7.93. The lowest BCUT2D eigenvalue weighted by Gasteiger charge is -2.21. The number of sulfonamides is 1. The van der Waals surface area contributed by atoms with Crippen molar-refractivity contribution in [1.29, 1.82) is 0 Å². The Balaban J connectivity index is 1.88. The van der Waals surface area contributed by atoms with Gasteiger partial charge in [-0.05, 0) is 29.9 Å². The molecule has 8 heteroatoms. The molecule has 0 bridgehead atoms. The number of anilines is 1. The zero-order valence-corrected chi connectivity index (χ0v) is 15.3. The first-order valence-electron chi connectivity index (χ1n) is 8.28. The number of nitrogens with one attached hydrogen (secondary N) is 1. The third kappa shape index (κ3) is 3.12. The summed E-state index contributed by atoms with van der Waals surface area (Å²) in [6, 6.07) is 9.11. The molecular formula is C18H20N2O5S. The van der Waals surface area contributed by atoms with E-state index in [1.165, 1.54) is 6.07 Å². The summed E-state index contributed by atoms with van der Waals surface area (Å²) in [6.07, 6.45) is 0.267. The minimum Gasteiger partial charge on any atom is -0.480 e. The van der Waals surface area contributed by atoms with Gasteiger partial charge in [0.25, 0.3) is 10.0 Å². The second-order valence-electron chi connectivity index (χ2n) is 6.73. The monoisotopic (exact) mass is 376 g/mol. The van der Waals surface area contributed by atoms with E-state index in [0.29, 0.717) is 11.1 Å². The van der Waals surface area contributed by atoms with Gasteiger partial charge >= 0.3 is 5.97 Å². The molecule has 0 aliphatic carbocycles. The highest BCUT2D eigenvalue weighted by atomic mass is 32.2. The van der Waals surface area contributed by atoms with Crippen LogP contribution in [0.4, 0.5) is 5.69 Å². The number of aliphatic carboxylic acids is 1. The molecule has 1 atom stereocenters. The Hall–Kier alpha value is -2.61. The van der Waals surface area contributed by atoms with Crippen LogP contribution in [0, 0.1) is 5.92 Å². The lowest BCUT2D eigenvalue weighted by molar-refractivity contribution is -0.142. The van der Waals surface area contributed by atoms with Crippen molar-refractivity contribution in [3.05, 3.63) is 36.4 Å². The quantitative estimate of drug-likeness (QED) is 0.802. The Kier molecular flexibility index (Phi) is 4.62. The molecule has 2 aromatic carbocycles. The van der Waals surface area contributed by atoms with Crippen LogP contribution in [0.2, 0.25) is 0 Å². The van der Waals surface area contributed by atoms with Crippen LogP contribution in [-0.4, -0.2) is 38.0 Å². The normalized spacial score (nSPS) is 16.0. The molecule has 3 rings (SSSR count). The van der Waals surface area contributed by atoms with Gasteiger partial charge in [0.2, 0.25) is 5.91 Å². The van der Waals surface area contributed by atoms with Gasteiger partial charge < -0.3 is 10.4 Å². The number of carboxylic acids is 1. The summed E-state index contributed by atoms with van der Waals surface area (Å²) < 4.78 is 26.7. The van der Waals surface area contributed by atoms with Gasteiger partial charge in [-0.1, -0.05) is 38.1 Å². The minimum absolute atomic E-state index is 0.0740. The third-order valence-corrected chi connectivity index (χ3v) is 6.11. The topological polar surface area (TPSA) is 104 Å². The molecule has 0 saturated heterocycles. The zero-order chi connectivity index (χ0) is 19.1. The number of benzene rings is 2. The number of carbonyl (C=O) groups is 2. The Morgan fingerprint density at radius 1 is 1.15 bits per heavy atom. The van der Waals surface area contributed by atoms with Gasteiger partial charge in [-0.25, -0.2) is 13.2 Å². The van der Waals surface area contributed by atoms with E-state index in [-0.39, 0.29) is 17.2 Å². The van der Waals surface area contributed by atoms with Gasteiger partial charge in [0.15, 0.2) is 0 Å². The van der Waals surface area contributed by atoms with E-state index in [2.05, 4.69) is 5.32 Å². The van der Waals surface area contributed by atoms with Crippen LogP contribution in [-0.2, 0) is 19.6 Å². The fourth-order valence-electron chi connectivity index (χ4n) is 3.19. The molecule has 7 nitrogen and oxygen atoms in total. The highest BCUT2D eigenvalue weighted by Gasteiger charge is 2.37. The Morgan fingerprint density at radius 2 is 1.81 bits per heavy atom. The number of rotatable bonds is 6. The maximum Gasteiger partial charge on any atom is 0.326 e. The maximum atomic E-state index is 12.8. The summed E-state index contributed by atoms with van der Waals surface area (Å²) in [4.78, 5) is 23.9. The van der Waals surface area contributed by atoms with Crippen molar-refractivity contribution in [2.75, 3.05) is 10.8 Å². The smallest absolute Gasteiger partial charge is 0.326 e. The molecule has 0 unspecified atom stereocenters. The second-order valence-corrected chi connectivity index (χ2v) is 8.56. The van der Waals surface area contributed by atoms with Crippen molar-refractivity contribution in [1.82, 2.24) is 5.32 Å². The predicted molar refractivity (Wildman–Crippen MR) is 97.5 cm³/mol. The summed E-state index contributed by atoms with van der Waals surface area (Å²) in [5.74, 6) is -1.71. The lowest BCUT2D eigenvalue weighted by atomic mass is 10.0. The molecule has 0 aromatic heterocycles. The Bertz CT molecular complexity index is 979. The standard InChI is InChI=1S/C18H20N2O5S/c1-11(2)9-13(18(22)23)19-16(21)10-20-14-7-3-5-12-6-4-8-15(17(12)14)26(20,24)25/h3-8,11,13H,9-10H2,1-2H3,(H,19,21)(H,22,23)/t13-/m0/s1. The van der Waals surface area contributed by atoms with Gasteiger partial charge in [-0.15, -0.1) is 0 Å². The van der Waals surface area contributed by atoms with Crippen LogP contribution < -0.4 is 9.62 Å². The van der Waals surface area contributed by atoms with Crippen molar-refractivity contribution >= 4 is 38.4 Å². The molecule has 0 saturated carbocycles. The van der Waals surface area contributed by atoms with Gasteiger partial charge in [0, 0.05) is 5.39 Å². The largest absolute Gasteiger partial charge is 0.480 e. The number of hydrogen-bond donors (Lipinski definition) is 2.